The van der Waals surface area contributed by atoms with Crippen molar-refractivity contribution in [2.24, 2.45) is 0 Å². The quantitative estimate of drug-likeness (QED) is 0.662. The van der Waals surface area contributed by atoms with E-state index in [2.05, 4.69) is 0 Å². The Labute approximate surface area is 108 Å². The predicted octanol–water partition coefficient (Wildman–Crippen LogP) is 1.33. The zero-order valence-electron chi connectivity index (χ0n) is 10.1. The number of benzene rings is 1. The summed E-state index contributed by atoms with van der Waals surface area (Å²) in [6.45, 7) is 0.215. The number of nitro benzene ring substituents is 1. The third-order valence-electron chi connectivity index (χ3n) is 3.23. The zero-order valence-corrected chi connectivity index (χ0v) is 10.1. The number of nitrogens with zero attached hydrogens (tertiary/aromatic N) is 2. The molecule has 6 nitrogen and oxygen atoms in total. The lowest BCUT2D eigenvalue weighted by atomic mass is 10.1. The minimum absolute atomic E-state index is 0.200. The number of likely N-dealkylation sites (tertiary alicyclic amines) is 1. The first-order valence-corrected chi connectivity index (χ1v) is 5.90. The second-order valence-electron chi connectivity index (χ2n) is 4.40. The lowest BCUT2D eigenvalue weighted by molar-refractivity contribution is -0.385. The molecule has 19 heavy (non-hydrogen) atoms. The molecule has 1 aliphatic heterocycles. The van der Waals surface area contributed by atoms with E-state index in [-0.39, 0.29) is 18.2 Å². The van der Waals surface area contributed by atoms with Gasteiger partial charge in [0.2, 0.25) is 0 Å². The van der Waals surface area contributed by atoms with Gasteiger partial charge in [0.15, 0.2) is 0 Å². The van der Waals surface area contributed by atoms with Crippen LogP contribution in [0, 0.1) is 15.9 Å². The molecule has 1 unspecified atom stereocenters. The standard InChI is InChI=1S/C12H13FN2O4/c13-8-3-4-11(15(18)19)10(6-8)12(17)14-5-1-2-9(14)7-16/h3-4,6,9,16H,1-2,5,7H2. The molecule has 1 saturated heterocycles. The van der Waals surface area contributed by atoms with Crippen LogP contribution in [-0.2, 0) is 0 Å². The zero-order chi connectivity index (χ0) is 14.0. The maximum Gasteiger partial charge on any atom is 0.282 e. The molecule has 7 heteroatoms. The second kappa shape index (κ2) is 5.31. The molecule has 1 heterocycles. The molecule has 0 bridgehead atoms. The fourth-order valence-electron chi connectivity index (χ4n) is 2.29. The van der Waals surface area contributed by atoms with E-state index in [0.29, 0.717) is 13.0 Å². The van der Waals surface area contributed by atoms with Gasteiger partial charge < -0.3 is 10.0 Å². The first-order valence-electron chi connectivity index (χ1n) is 5.90. The summed E-state index contributed by atoms with van der Waals surface area (Å²) in [4.78, 5) is 23.8. The highest BCUT2D eigenvalue weighted by Gasteiger charge is 2.32. The summed E-state index contributed by atoms with van der Waals surface area (Å²) in [5.74, 6) is -1.31. The summed E-state index contributed by atoms with van der Waals surface area (Å²) in [7, 11) is 0. The Hall–Kier alpha value is -2.02. The average molecular weight is 268 g/mol. The number of amides is 1. The maximum absolute atomic E-state index is 13.2. The third-order valence-corrected chi connectivity index (χ3v) is 3.23. The van der Waals surface area contributed by atoms with Crippen molar-refractivity contribution in [1.82, 2.24) is 4.90 Å². The number of rotatable bonds is 3. The number of hydrogen-bond acceptors (Lipinski definition) is 4. The molecule has 1 aliphatic rings. The van der Waals surface area contributed by atoms with Gasteiger partial charge in [0, 0.05) is 12.6 Å². The number of hydrogen-bond donors (Lipinski definition) is 1. The van der Waals surface area contributed by atoms with Gasteiger partial charge in [0.1, 0.15) is 11.4 Å². The summed E-state index contributed by atoms with van der Waals surface area (Å²) in [5, 5.41) is 20.0. The van der Waals surface area contributed by atoms with Crippen molar-refractivity contribution in [1.29, 1.82) is 0 Å². The van der Waals surface area contributed by atoms with Crippen molar-refractivity contribution in [2.75, 3.05) is 13.2 Å². The van der Waals surface area contributed by atoms with Crippen LogP contribution in [0.2, 0.25) is 0 Å². The smallest absolute Gasteiger partial charge is 0.282 e. The van der Waals surface area contributed by atoms with Crippen molar-refractivity contribution in [3.8, 4) is 0 Å². The highest BCUT2D eigenvalue weighted by Crippen LogP contribution is 2.25. The van der Waals surface area contributed by atoms with Gasteiger partial charge in [-0.15, -0.1) is 0 Å². The normalized spacial score (nSPS) is 18.6. The van der Waals surface area contributed by atoms with Crippen LogP contribution < -0.4 is 0 Å². The summed E-state index contributed by atoms with van der Waals surface area (Å²) >= 11 is 0. The van der Waals surface area contributed by atoms with E-state index in [4.69, 9.17) is 5.11 Å². The number of carbonyl (C=O) groups excluding carboxylic acids is 1. The van der Waals surface area contributed by atoms with Crippen LogP contribution in [0.3, 0.4) is 0 Å². The molecule has 1 aromatic rings. The Morgan fingerprint density at radius 1 is 1.58 bits per heavy atom. The highest BCUT2D eigenvalue weighted by atomic mass is 19.1. The lowest BCUT2D eigenvalue weighted by Crippen LogP contribution is -2.37. The molecule has 1 amide bonds. The molecule has 0 radical (unpaired) electrons. The van der Waals surface area contributed by atoms with Gasteiger partial charge in [-0.25, -0.2) is 4.39 Å². The van der Waals surface area contributed by atoms with Gasteiger partial charge in [0.25, 0.3) is 11.6 Å². The van der Waals surface area contributed by atoms with Crippen LogP contribution in [0.25, 0.3) is 0 Å². The SMILES string of the molecule is O=C(c1cc(F)ccc1[N+](=O)[O-])N1CCCC1CO. The number of nitro groups is 1. The summed E-state index contributed by atoms with van der Waals surface area (Å²) in [6.07, 6.45) is 1.37. The predicted molar refractivity (Wildman–Crippen MR) is 64.2 cm³/mol. The first kappa shape index (κ1) is 13.4. The minimum Gasteiger partial charge on any atom is -0.394 e. The van der Waals surface area contributed by atoms with Crippen LogP contribution in [0.15, 0.2) is 18.2 Å². The fraction of sp³-hybridized carbons (Fsp3) is 0.417. The number of halogens is 1. The Morgan fingerprint density at radius 3 is 2.95 bits per heavy atom. The van der Waals surface area contributed by atoms with E-state index >= 15 is 0 Å². The molecule has 0 spiro atoms. The molecule has 2 rings (SSSR count). The van der Waals surface area contributed by atoms with Crippen LogP contribution in [0.5, 0.6) is 0 Å². The van der Waals surface area contributed by atoms with Gasteiger partial charge in [-0.2, -0.15) is 0 Å². The van der Waals surface area contributed by atoms with E-state index in [1.165, 1.54) is 4.90 Å². The van der Waals surface area contributed by atoms with Gasteiger partial charge in [-0.05, 0) is 25.0 Å². The lowest BCUT2D eigenvalue weighted by Gasteiger charge is -2.22. The van der Waals surface area contributed by atoms with E-state index in [9.17, 15) is 19.3 Å². The van der Waals surface area contributed by atoms with Gasteiger partial charge in [0.05, 0.1) is 17.6 Å². The molecule has 1 atom stereocenters. The summed E-state index contributed by atoms with van der Waals surface area (Å²) < 4.78 is 13.2. The van der Waals surface area contributed by atoms with Crippen LogP contribution in [-0.4, -0.2) is 40.0 Å². The van der Waals surface area contributed by atoms with Crippen molar-refractivity contribution in [3.05, 3.63) is 39.7 Å². The monoisotopic (exact) mass is 268 g/mol. The van der Waals surface area contributed by atoms with Crippen molar-refractivity contribution in [3.63, 3.8) is 0 Å². The summed E-state index contributed by atoms with van der Waals surface area (Å²) in [5.41, 5.74) is -0.694. The van der Waals surface area contributed by atoms with Crippen molar-refractivity contribution in [2.45, 2.75) is 18.9 Å². The molecule has 1 fully saturated rings. The topological polar surface area (TPSA) is 83.7 Å². The third kappa shape index (κ3) is 2.55. The molecule has 0 saturated carbocycles. The Kier molecular flexibility index (Phi) is 3.75. The van der Waals surface area contributed by atoms with Crippen LogP contribution in [0.4, 0.5) is 10.1 Å². The Balaban J connectivity index is 2.37. The molecular weight excluding hydrogens is 255 g/mol. The average Bonchev–Trinajstić information content (AvgIpc) is 2.85. The van der Waals surface area contributed by atoms with Gasteiger partial charge in [-0.3, -0.25) is 14.9 Å². The first-order chi connectivity index (χ1) is 9.04. The fourth-order valence-corrected chi connectivity index (χ4v) is 2.29. The van der Waals surface area contributed by atoms with Gasteiger partial charge >= 0.3 is 0 Å². The molecule has 0 aromatic heterocycles. The molecule has 1 aromatic carbocycles. The number of aliphatic hydroxyl groups is 1. The van der Waals surface area contributed by atoms with E-state index < -0.39 is 22.3 Å². The van der Waals surface area contributed by atoms with Crippen molar-refractivity contribution >= 4 is 11.6 Å². The van der Waals surface area contributed by atoms with E-state index in [1.54, 1.807) is 0 Å². The molecule has 1 N–H and O–H groups in total. The van der Waals surface area contributed by atoms with E-state index in [0.717, 1.165) is 24.6 Å². The number of aliphatic hydroxyl groups excluding tert-OH is 1. The molecule has 0 aliphatic carbocycles. The Morgan fingerprint density at radius 2 is 2.32 bits per heavy atom. The molecular formula is C12H13FN2O4. The van der Waals surface area contributed by atoms with Gasteiger partial charge in [-0.1, -0.05) is 0 Å². The number of carbonyl (C=O) groups is 1. The van der Waals surface area contributed by atoms with Crippen LogP contribution in [0.1, 0.15) is 23.2 Å². The van der Waals surface area contributed by atoms with E-state index in [1.807, 2.05) is 0 Å². The highest BCUT2D eigenvalue weighted by molar-refractivity contribution is 5.98. The van der Waals surface area contributed by atoms with Crippen LogP contribution >= 0.6 is 0 Å². The Bertz CT molecular complexity index is 520. The minimum atomic E-state index is -0.712. The maximum atomic E-state index is 13.2. The second-order valence-corrected chi connectivity index (χ2v) is 4.40. The largest absolute Gasteiger partial charge is 0.394 e. The van der Waals surface area contributed by atoms with Crippen molar-refractivity contribution < 1.29 is 19.2 Å². The molecule has 102 valence electrons. The summed E-state index contributed by atoms with van der Waals surface area (Å²) in [6, 6.07) is 2.44.